The molecule has 2 heterocycles. The molecule has 0 N–H and O–H groups in total. The molecule has 0 radical (unpaired) electrons. The first kappa shape index (κ1) is 11.7. The summed E-state index contributed by atoms with van der Waals surface area (Å²) < 4.78 is 6.83. The van der Waals surface area contributed by atoms with Crippen LogP contribution < -0.4 is 0 Å². The number of imidazole rings is 1. The average Bonchev–Trinajstić information content (AvgIpc) is 2.84. The largest absolute Gasteiger partial charge is 0.469 e. The molecule has 0 aliphatic heterocycles. The highest BCUT2D eigenvalue weighted by molar-refractivity contribution is 7.17. The van der Waals surface area contributed by atoms with E-state index in [1.807, 2.05) is 6.20 Å². The number of fused-ring (bicyclic) bond motifs is 3. The standard InChI is InChI=1S/C13H16N2O2S/c1-8-3-4-10-11(5-8)18-13-14-9(7-15(10)13)6-12(16)17-2/h7-8H,3-6H2,1-2H3. The number of hydrogen-bond acceptors (Lipinski definition) is 4. The number of nitrogens with zero attached hydrogens (tertiary/aromatic N) is 2. The summed E-state index contributed by atoms with van der Waals surface area (Å²) in [5.74, 6) is 0.540. The molecule has 0 saturated carbocycles. The van der Waals surface area contributed by atoms with Gasteiger partial charge in [0, 0.05) is 16.8 Å². The summed E-state index contributed by atoms with van der Waals surface area (Å²) in [5.41, 5.74) is 2.19. The summed E-state index contributed by atoms with van der Waals surface area (Å²) in [4.78, 5) is 18.2. The highest BCUT2D eigenvalue weighted by atomic mass is 32.1. The van der Waals surface area contributed by atoms with Gasteiger partial charge in [0.1, 0.15) is 0 Å². The van der Waals surface area contributed by atoms with Crippen LogP contribution in [-0.4, -0.2) is 22.5 Å². The molecule has 0 aromatic carbocycles. The van der Waals surface area contributed by atoms with Crippen LogP contribution in [0.5, 0.6) is 0 Å². The Bertz CT molecular complexity index is 599. The molecule has 0 spiro atoms. The predicted octanol–water partition coefficient (Wildman–Crippen LogP) is 2.24. The van der Waals surface area contributed by atoms with Crippen molar-refractivity contribution in [1.29, 1.82) is 0 Å². The van der Waals surface area contributed by atoms with E-state index in [1.54, 1.807) is 11.3 Å². The third-order valence-electron chi connectivity index (χ3n) is 3.51. The van der Waals surface area contributed by atoms with Gasteiger partial charge in [-0.25, -0.2) is 4.98 Å². The van der Waals surface area contributed by atoms with Crippen LogP contribution >= 0.6 is 11.3 Å². The number of rotatable bonds is 2. The molecular weight excluding hydrogens is 248 g/mol. The Morgan fingerprint density at radius 2 is 2.50 bits per heavy atom. The first-order valence-corrected chi connectivity index (χ1v) is 7.04. The van der Waals surface area contributed by atoms with Gasteiger partial charge < -0.3 is 4.74 Å². The van der Waals surface area contributed by atoms with Crippen molar-refractivity contribution < 1.29 is 9.53 Å². The highest BCUT2D eigenvalue weighted by Crippen LogP contribution is 2.32. The van der Waals surface area contributed by atoms with Gasteiger partial charge in [0.25, 0.3) is 0 Å². The van der Waals surface area contributed by atoms with Crippen LogP contribution in [0.2, 0.25) is 0 Å². The monoisotopic (exact) mass is 264 g/mol. The molecule has 1 aliphatic rings. The summed E-state index contributed by atoms with van der Waals surface area (Å²) >= 11 is 1.76. The van der Waals surface area contributed by atoms with Gasteiger partial charge in [-0.05, 0) is 25.2 Å². The number of hydrogen-bond donors (Lipinski definition) is 0. The second-order valence-corrected chi connectivity index (χ2v) is 6.02. The lowest BCUT2D eigenvalue weighted by Gasteiger charge is -2.17. The first-order valence-electron chi connectivity index (χ1n) is 6.22. The van der Waals surface area contributed by atoms with Gasteiger partial charge in [-0.3, -0.25) is 9.20 Å². The van der Waals surface area contributed by atoms with Crippen LogP contribution in [0, 0.1) is 5.92 Å². The van der Waals surface area contributed by atoms with E-state index in [0.29, 0.717) is 0 Å². The fraction of sp³-hybridized carbons (Fsp3) is 0.538. The van der Waals surface area contributed by atoms with Crippen LogP contribution in [-0.2, 0) is 28.8 Å². The maximum Gasteiger partial charge on any atom is 0.311 e. The normalized spacial score (nSPS) is 18.9. The minimum Gasteiger partial charge on any atom is -0.469 e. The maximum atomic E-state index is 11.2. The van der Waals surface area contributed by atoms with Crippen molar-refractivity contribution >= 4 is 22.3 Å². The van der Waals surface area contributed by atoms with Crippen molar-refractivity contribution in [2.75, 3.05) is 7.11 Å². The smallest absolute Gasteiger partial charge is 0.311 e. The second-order valence-electron chi connectivity index (χ2n) is 4.96. The quantitative estimate of drug-likeness (QED) is 0.781. The summed E-state index contributed by atoms with van der Waals surface area (Å²) in [6, 6.07) is 0. The van der Waals surface area contributed by atoms with Gasteiger partial charge in [-0.1, -0.05) is 6.92 Å². The number of aryl methyl sites for hydroxylation is 1. The molecule has 0 saturated heterocycles. The van der Waals surface area contributed by atoms with Crippen LogP contribution in [0.3, 0.4) is 0 Å². The van der Waals surface area contributed by atoms with Gasteiger partial charge in [-0.15, -0.1) is 11.3 Å². The summed E-state index contributed by atoms with van der Waals surface area (Å²) in [6.07, 6.45) is 5.76. The molecule has 0 bridgehead atoms. The molecule has 5 heteroatoms. The lowest BCUT2D eigenvalue weighted by molar-refractivity contribution is -0.139. The lowest BCUT2D eigenvalue weighted by atomic mass is 9.93. The molecule has 2 aromatic rings. The van der Waals surface area contributed by atoms with E-state index in [0.717, 1.165) is 29.4 Å². The van der Waals surface area contributed by atoms with Crippen LogP contribution in [0.15, 0.2) is 6.20 Å². The third-order valence-corrected chi connectivity index (χ3v) is 4.63. The molecular formula is C13H16N2O2S. The molecule has 2 aromatic heterocycles. The average molecular weight is 264 g/mol. The molecule has 96 valence electrons. The molecule has 1 aliphatic carbocycles. The van der Waals surface area contributed by atoms with Crippen molar-refractivity contribution in [2.24, 2.45) is 5.92 Å². The molecule has 18 heavy (non-hydrogen) atoms. The Morgan fingerprint density at radius 3 is 3.28 bits per heavy atom. The Hall–Kier alpha value is -1.36. The molecule has 0 fully saturated rings. The Labute approximate surface area is 110 Å². The van der Waals surface area contributed by atoms with Crippen LogP contribution in [0.4, 0.5) is 0 Å². The number of thiazole rings is 1. The highest BCUT2D eigenvalue weighted by Gasteiger charge is 2.21. The zero-order chi connectivity index (χ0) is 12.7. The number of carbonyl (C=O) groups excluding carboxylic acids is 1. The molecule has 0 amide bonds. The molecule has 3 rings (SSSR count). The fourth-order valence-corrected chi connectivity index (χ4v) is 3.84. The van der Waals surface area contributed by atoms with Gasteiger partial charge >= 0.3 is 5.97 Å². The topological polar surface area (TPSA) is 43.6 Å². The van der Waals surface area contributed by atoms with E-state index < -0.39 is 0 Å². The minimum atomic E-state index is -0.233. The second kappa shape index (κ2) is 4.39. The SMILES string of the molecule is COC(=O)Cc1cn2c3c(sc2n1)CC(C)CC3. The zero-order valence-corrected chi connectivity index (χ0v) is 11.4. The zero-order valence-electron chi connectivity index (χ0n) is 10.6. The third kappa shape index (κ3) is 1.92. The van der Waals surface area contributed by atoms with E-state index in [1.165, 1.54) is 24.1 Å². The van der Waals surface area contributed by atoms with Crippen LogP contribution in [0.1, 0.15) is 29.6 Å². The molecule has 1 atom stereocenters. The number of methoxy groups -OCH3 is 1. The van der Waals surface area contributed by atoms with E-state index in [-0.39, 0.29) is 12.4 Å². The van der Waals surface area contributed by atoms with Crippen molar-refractivity contribution in [3.05, 3.63) is 22.5 Å². The van der Waals surface area contributed by atoms with E-state index in [9.17, 15) is 4.79 Å². The number of aromatic nitrogens is 2. The molecule has 4 nitrogen and oxygen atoms in total. The number of ether oxygens (including phenoxy) is 1. The van der Waals surface area contributed by atoms with Crippen LogP contribution in [0.25, 0.3) is 4.96 Å². The number of carbonyl (C=O) groups is 1. The summed E-state index contributed by atoms with van der Waals surface area (Å²) in [5, 5.41) is 0. The van der Waals surface area contributed by atoms with Crippen molar-refractivity contribution in [1.82, 2.24) is 9.38 Å². The number of esters is 1. The van der Waals surface area contributed by atoms with E-state index >= 15 is 0 Å². The Morgan fingerprint density at radius 1 is 1.67 bits per heavy atom. The summed E-state index contributed by atoms with van der Waals surface area (Å²) in [7, 11) is 1.41. The lowest BCUT2D eigenvalue weighted by Crippen LogP contribution is -2.10. The van der Waals surface area contributed by atoms with Crippen molar-refractivity contribution in [2.45, 2.75) is 32.6 Å². The van der Waals surface area contributed by atoms with E-state index in [4.69, 9.17) is 0 Å². The van der Waals surface area contributed by atoms with Gasteiger partial charge in [0.05, 0.1) is 19.2 Å². The van der Waals surface area contributed by atoms with Crippen molar-refractivity contribution in [3.63, 3.8) is 0 Å². The predicted molar refractivity (Wildman–Crippen MR) is 70.0 cm³/mol. The minimum absolute atomic E-state index is 0.233. The molecule has 1 unspecified atom stereocenters. The maximum absolute atomic E-state index is 11.2. The van der Waals surface area contributed by atoms with Gasteiger partial charge in [-0.2, -0.15) is 0 Å². The first-order chi connectivity index (χ1) is 8.67. The Kier molecular flexibility index (Phi) is 2.86. The summed E-state index contributed by atoms with van der Waals surface area (Å²) in [6.45, 7) is 2.30. The fourth-order valence-electron chi connectivity index (χ4n) is 2.50. The van der Waals surface area contributed by atoms with E-state index in [2.05, 4.69) is 21.0 Å². The van der Waals surface area contributed by atoms with Gasteiger partial charge in [0.2, 0.25) is 0 Å². The van der Waals surface area contributed by atoms with Gasteiger partial charge in [0.15, 0.2) is 4.96 Å². The van der Waals surface area contributed by atoms with Crippen molar-refractivity contribution in [3.8, 4) is 0 Å². The Balaban J connectivity index is 1.95.